The molecule has 1 aromatic carbocycles. The molecular formula is C16H21NOS. The maximum Gasteiger partial charge on any atom is 0.121 e. The predicted molar refractivity (Wildman–Crippen MR) is 83.2 cm³/mol. The van der Waals surface area contributed by atoms with E-state index in [0.717, 1.165) is 24.6 Å². The molecule has 1 N–H and O–H groups in total. The van der Waals surface area contributed by atoms with Crippen LogP contribution in [0.1, 0.15) is 24.3 Å². The maximum absolute atomic E-state index is 5.73. The van der Waals surface area contributed by atoms with Crippen molar-refractivity contribution >= 4 is 17.0 Å². The van der Waals surface area contributed by atoms with Crippen molar-refractivity contribution in [2.75, 3.05) is 11.9 Å². The number of thiophene rings is 1. The summed E-state index contributed by atoms with van der Waals surface area (Å²) in [4.78, 5) is 1.38. The lowest BCUT2D eigenvalue weighted by Gasteiger charge is -2.11. The normalized spacial score (nSPS) is 10.7. The highest BCUT2D eigenvalue weighted by molar-refractivity contribution is 7.10. The number of nitrogens with one attached hydrogen (secondary N) is 1. The van der Waals surface area contributed by atoms with Gasteiger partial charge in [0.25, 0.3) is 0 Å². The van der Waals surface area contributed by atoms with Crippen LogP contribution in [-0.2, 0) is 6.54 Å². The molecule has 1 heterocycles. The van der Waals surface area contributed by atoms with Gasteiger partial charge in [-0.2, -0.15) is 0 Å². The molecule has 0 unspecified atom stereocenters. The van der Waals surface area contributed by atoms with Gasteiger partial charge in [0.2, 0.25) is 0 Å². The van der Waals surface area contributed by atoms with Gasteiger partial charge in [-0.25, -0.2) is 0 Å². The molecule has 3 heteroatoms. The number of benzene rings is 1. The Labute approximate surface area is 119 Å². The zero-order valence-electron chi connectivity index (χ0n) is 11.8. The number of hydrogen-bond acceptors (Lipinski definition) is 3. The molecule has 1 aromatic heterocycles. The molecule has 19 heavy (non-hydrogen) atoms. The van der Waals surface area contributed by atoms with Gasteiger partial charge in [0.15, 0.2) is 0 Å². The van der Waals surface area contributed by atoms with Crippen LogP contribution in [0.3, 0.4) is 0 Å². The maximum atomic E-state index is 5.73. The Balaban J connectivity index is 1.93. The van der Waals surface area contributed by atoms with Crippen LogP contribution in [-0.4, -0.2) is 6.61 Å². The molecular weight excluding hydrogens is 254 g/mol. The lowest BCUT2D eigenvalue weighted by molar-refractivity contribution is 0.271. The van der Waals surface area contributed by atoms with E-state index in [0.29, 0.717) is 5.92 Å². The number of anilines is 1. The van der Waals surface area contributed by atoms with Crippen LogP contribution in [0.4, 0.5) is 5.69 Å². The van der Waals surface area contributed by atoms with Crippen LogP contribution < -0.4 is 10.1 Å². The van der Waals surface area contributed by atoms with Gasteiger partial charge in [-0.05, 0) is 42.0 Å². The van der Waals surface area contributed by atoms with E-state index >= 15 is 0 Å². The van der Waals surface area contributed by atoms with Crippen LogP contribution in [0, 0.1) is 12.8 Å². The standard InChI is InChI=1S/C16H21NOS/c1-12(2)11-18-15-6-4-5-14(9-15)17-10-16-13(3)7-8-19-16/h4-9,12,17H,10-11H2,1-3H3. The second-order valence-corrected chi connectivity index (χ2v) is 6.11. The van der Waals surface area contributed by atoms with Crippen LogP contribution in [0.2, 0.25) is 0 Å². The van der Waals surface area contributed by atoms with E-state index in [1.54, 1.807) is 11.3 Å². The molecule has 2 rings (SSSR count). The third kappa shape index (κ3) is 4.28. The molecule has 0 saturated heterocycles. The monoisotopic (exact) mass is 275 g/mol. The number of hydrogen-bond donors (Lipinski definition) is 1. The Morgan fingerprint density at radius 3 is 2.79 bits per heavy atom. The largest absolute Gasteiger partial charge is 0.493 e. The smallest absolute Gasteiger partial charge is 0.121 e. The zero-order chi connectivity index (χ0) is 13.7. The van der Waals surface area contributed by atoms with Gasteiger partial charge < -0.3 is 10.1 Å². The summed E-state index contributed by atoms with van der Waals surface area (Å²) in [5.74, 6) is 1.48. The van der Waals surface area contributed by atoms with Crippen LogP contribution in [0.5, 0.6) is 5.75 Å². The van der Waals surface area contributed by atoms with E-state index in [4.69, 9.17) is 4.74 Å². The van der Waals surface area contributed by atoms with Crippen molar-refractivity contribution in [1.82, 2.24) is 0 Å². The first-order valence-electron chi connectivity index (χ1n) is 6.65. The molecule has 0 aliphatic heterocycles. The van der Waals surface area contributed by atoms with E-state index in [9.17, 15) is 0 Å². The molecule has 0 spiro atoms. The van der Waals surface area contributed by atoms with Gasteiger partial charge in [-0.1, -0.05) is 19.9 Å². The van der Waals surface area contributed by atoms with E-state index in [1.165, 1.54) is 10.4 Å². The summed E-state index contributed by atoms with van der Waals surface area (Å²) >= 11 is 1.79. The van der Waals surface area contributed by atoms with Crippen molar-refractivity contribution in [3.8, 4) is 5.75 Å². The summed E-state index contributed by atoms with van der Waals surface area (Å²) in [7, 11) is 0. The summed E-state index contributed by atoms with van der Waals surface area (Å²) in [5.41, 5.74) is 2.46. The highest BCUT2D eigenvalue weighted by Crippen LogP contribution is 2.21. The number of ether oxygens (including phenoxy) is 1. The van der Waals surface area contributed by atoms with E-state index < -0.39 is 0 Å². The topological polar surface area (TPSA) is 21.3 Å². The fraction of sp³-hybridized carbons (Fsp3) is 0.375. The van der Waals surface area contributed by atoms with Gasteiger partial charge in [0.1, 0.15) is 5.75 Å². The quantitative estimate of drug-likeness (QED) is 0.824. The average Bonchev–Trinajstić information content (AvgIpc) is 2.80. The molecule has 2 aromatic rings. The third-order valence-corrected chi connectivity index (χ3v) is 3.86. The highest BCUT2D eigenvalue weighted by Gasteiger charge is 2.01. The molecule has 102 valence electrons. The Morgan fingerprint density at radius 2 is 2.11 bits per heavy atom. The third-order valence-electron chi connectivity index (χ3n) is 2.84. The summed E-state index contributed by atoms with van der Waals surface area (Å²) in [6, 6.07) is 10.3. The van der Waals surface area contributed by atoms with Crippen LogP contribution in [0.25, 0.3) is 0 Å². The fourth-order valence-electron chi connectivity index (χ4n) is 1.73. The predicted octanol–water partition coefficient (Wildman–Crippen LogP) is 4.70. The minimum Gasteiger partial charge on any atom is -0.493 e. The Hall–Kier alpha value is -1.48. The van der Waals surface area contributed by atoms with Gasteiger partial charge in [-0.15, -0.1) is 11.3 Å². The number of aryl methyl sites for hydroxylation is 1. The molecule has 2 nitrogen and oxygen atoms in total. The summed E-state index contributed by atoms with van der Waals surface area (Å²) < 4.78 is 5.73. The molecule has 0 radical (unpaired) electrons. The van der Waals surface area contributed by atoms with Gasteiger partial charge in [-0.3, -0.25) is 0 Å². The van der Waals surface area contributed by atoms with E-state index in [2.05, 4.69) is 49.7 Å². The van der Waals surface area contributed by atoms with E-state index in [1.807, 2.05) is 12.1 Å². The molecule has 0 aliphatic carbocycles. The second-order valence-electron chi connectivity index (χ2n) is 5.11. The molecule has 0 aliphatic rings. The van der Waals surface area contributed by atoms with Crippen molar-refractivity contribution in [2.24, 2.45) is 5.92 Å². The number of rotatable bonds is 6. The second kappa shape index (κ2) is 6.62. The fourth-order valence-corrected chi connectivity index (χ4v) is 2.57. The Kier molecular flexibility index (Phi) is 4.86. The zero-order valence-corrected chi connectivity index (χ0v) is 12.6. The Morgan fingerprint density at radius 1 is 1.26 bits per heavy atom. The first kappa shape index (κ1) is 13.9. The van der Waals surface area contributed by atoms with E-state index in [-0.39, 0.29) is 0 Å². The van der Waals surface area contributed by atoms with Crippen molar-refractivity contribution in [2.45, 2.75) is 27.3 Å². The van der Waals surface area contributed by atoms with Gasteiger partial charge >= 0.3 is 0 Å². The summed E-state index contributed by atoms with van der Waals surface area (Å²) in [5, 5.41) is 5.58. The SMILES string of the molecule is Cc1ccsc1CNc1cccc(OCC(C)C)c1. The minimum atomic E-state index is 0.547. The van der Waals surface area contributed by atoms with Crippen LogP contribution in [0.15, 0.2) is 35.7 Å². The van der Waals surface area contributed by atoms with Crippen molar-refractivity contribution in [3.05, 3.63) is 46.2 Å². The Bertz CT molecular complexity index is 519. The minimum absolute atomic E-state index is 0.547. The molecule has 0 saturated carbocycles. The molecule has 0 fully saturated rings. The summed E-state index contributed by atoms with van der Waals surface area (Å²) in [6.07, 6.45) is 0. The lowest BCUT2D eigenvalue weighted by atomic mass is 10.2. The van der Waals surface area contributed by atoms with Crippen molar-refractivity contribution in [3.63, 3.8) is 0 Å². The average molecular weight is 275 g/mol. The van der Waals surface area contributed by atoms with Gasteiger partial charge in [0, 0.05) is 23.2 Å². The highest BCUT2D eigenvalue weighted by atomic mass is 32.1. The lowest BCUT2D eigenvalue weighted by Crippen LogP contribution is -2.05. The summed E-state index contributed by atoms with van der Waals surface area (Å²) in [6.45, 7) is 8.09. The molecule has 0 bridgehead atoms. The van der Waals surface area contributed by atoms with Crippen molar-refractivity contribution in [1.29, 1.82) is 0 Å². The first-order chi connectivity index (χ1) is 9.15. The van der Waals surface area contributed by atoms with Crippen LogP contribution >= 0.6 is 11.3 Å². The molecule has 0 amide bonds. The van der Waals surface area contributed by atoms with Crippen molar-refractivity contribution < 1.29 is 4.74 Å². The molecule has 0 atom stereocenters. The first-order valence-corrected chi connectivity index (χ1v) is 7.53. The van der Waals surface area contributed by atoms with Gasteiger partial charge in [0.05, 0.1) is 6.61 Å².